The second kappa shape index (κ2) is 11.8. The number of amides is 1. The third kappa shape index (κ3) is 6.04. The van der Waals surface area contributed by atoms with Gasteiger partial charge in [-0.2, -0.15) is 11.8 Å². The number of nitrogens with one attached hydrogen (secondary N) is 3. The Bertz CT molecular complexity index is 1430. The molecule has 0 saturated carbocycles. The molecule has 2 heterocycles. The van der Waals surface area contributed by atoms with E-state index in [-0.39, 0.29) is 23.7 Å². The highest BCUT2D eigenvalue weighted by atomic mass is 32.2. The van der Waals surface area contributed by atoms with Gasteiger partial charge in [0, 0.05) is 41.4 Å². The molecule has 3 N–H and O–H groups in total. The number of fused-ring (bicyclic) bond motifs is 1. The standard InChI is InChI=1S/C31H37N5O3S/c1-20-25(34-19-33-20)18-40-13-12-32-28(38)17-36-26-11-6-5-10-23(26)35-24-15-31(2,3)16-27(37)29(24)30(36)21-8-7-9-22(14-21)39-4/h5-11,14,19,30,35H,12-13,15-18H2,1-4H3,(H,32,38)(H,33,34). The van der Waals surface area contributed by atoms with E-state index in [1.165, 1.54) is 0 Å². The summed E-state index contributed by atoms with van der Waals surface area (Å²) in [5.41, 5.74) is 6.29. The van der Waals surface area contributed by atoms with Crippen LogP contribution in [0.4, 0.5) is 11.4 Å². The second-order valence-electron chi connectivity index (χ2n) is 11.2. The third-order valence-corrected chi connectivity index (χ3v) is 8.44. The second-order valence-corrected chi connectivity index (χ2v) is 12.3. The summed E-state index contributed by atoms with van der Waals surface area (Å²) in [6.45, 7) is 6.92. The van der Waals surface area contributed by atoms with Crippen LogP contribution in [0.25, 0.3) is 0 Å². The van der Waals surface area contributed by atoms with Gasteiger partial charge in [0.1, 0.15) is 5.75 Å². The summed E-state index contributed by atoms with van der Waals surface area (Å²) in [4.78, 5) is 36.7. The van der Waals surface area contributed by atoms with E-state index < -0.39 is 6.04 Å². The number of thioether (sulfide) groups is 1. The molecule has 2 aliphatic rings. The third-order valence-electron chi connectivity index (χ3n) is 7.47. The van der Waals surface area contributed by atoms with Crippen LogP contribution in [0.1, 0.15) is 49.7 Å². The number of benzene rings is 2. The zero-order valence-electron chi connectivity index (χ0n) is 23.5. The molecule has 1 unspecified atom stereocenters. The van der Waals surface area contributed by atoms with Gasteiger partial charge in [-0.3, -0.25) is 9.59 Å². The highest BCUT2D eigenvalue weighted by Crippen LogP contribution is 2.48. The Hall–Kier alpha value is -3.72. The Morgan fingerprint density at radius 1 is 1.20 bits per heavy atom. The van der Waals surface area contributed by atoms with Crippen molar-refractivity contribution in [2.45, 2.75) is 45.4 Å². The van der Waals surface area contributed by atoms with Crippen LogP contribution in [0.2, 0.25) is 0 Å². The lowest BCUT2D eigenvalue weighted by molar-refractivity contribution is -0.120. The number of nitrogens with zero attached hydrogens (tertiary/aromatic N) is 2. The molecule has 40 heavy (non-hydrogen) atoms. The van der Waals surface area contributed by atoms with Gasteiger partial charge in [0.2, 0.25) is 5.91 Å². The van der Waals surface area contributed by atoms with Crippen LogP contribution < -0.4 is 20.3 Å². The van der Waals surface area contributed by atoms with Gasteiger partial charge in [-0.15, -0.1) is 0 Å². The Kier molecular flexibility index (Phi) is 8.21. The molecule has 0 spiro atoms. The Labute approximate surface area is 240 Å². The van der Waals surface area contributed by atoms with Gasteiger partial charge in [-0.05, 0) is 48.6 Å². The molecule has 0 fully saturated rings. The number of hydrogen-bond acceptors (Lipinski definition) is 7. The summed E-state index contributed by atoms with van der Waals surface area (Å²) in [6.07, 6.45) is 2.91. The summed E-state index contributed by atoms with van der Waals surface area (Å²) in [7, 11) is 1.64. The number of carbonyl (C=O) groups is 2. The Balaban J connectivity index is 1.44. The number of rotatable bonds is 9. The maximum absolute atomic E-state index is 13.8. The number of aromatic nitrogens is 2. The number of ether oxygens (including phenoxy) is 1. The number of ketones is 1. The summed E-state index contributed by atoms with van der Waals surface area (Å²) >= 11 is 1.73. The van der Waals surface area contributed by atoms with Gasteiger partial charge in [0.15, 0.2) is 5.78 Å². The van der Waals surface area contributed by atoms with Gasteiger partial charge in [0.25, 0.3) is 0 Å². The number of anilines is 2. The lowest BCUT2D eigenvalue weighted by Crippen LogP contribution is -2.42. The first-order chi connectivity index (χ1) is 19.3. The fourth-order valence-electron chi connectivity index (χ4n) is 5.56. The normalized spacial score (nSPS) is 17.9. The van der Waals surface area contributed by atoms with E-state index in [1.54, 1.807) is 25.2 Å². The van der Waals surface area contributed by atoms with E-state index in [2.05, 4.69) is 39.3 Å². The number of methoxy groups -OCH3 is 1. The van der Waals surface area contributed by atoms with Crippen molar-refractivity contribution in [1.82, 2.24) is 15.3 Å². The molecule has 1 aliphatic heterocycles. The van der Waals surface area contributed by atoms with Crippen molar-refractivity contribution >= 4 is 34.8 Å². The predicted octanol–water partition coefficient (Wildman–Crippen LogP) is 5.39. The molecule has 210 valence electrons. The van der Waals surface area contributed by atoms with Crippen LogP contribution in [-0.2, 0) is 15.3 Å². The molecule has 0 radical (unpaired) electrons. The number of Topliss-reactive ketones (excluding diaryl/α,β-unsaturated/α-hetero) is 1. The maximum Gasteiger partial charge on any atom is 0.239 e. The monoisotopic (exact) mass is 559 g/mol. The SMILES string of the molecule is COc1cccc(C2C3=C(CC(C)(C)CC3=O)Nc3ccccc3N2CC(=O)NCCSCc2nc[nH]c2C)c1. The fraction of sp³-hybridized carbons (Fsp3) is 0.387. The first kappa shape index (κ1) is 27.8. The van der Waals surface area contributed by atoms with Crippen LogP contribution in [-0.4, -0.2) is 47.6 Å². The lowest BCUT2D eigenvalue weighted by Gasteiger charge is -2.38. The van der Waals surface area contributed by atoms with Crippen LogP contribution in [0, 0.1) is 12.3 Å². The average Bonchev–Trinajstić information content (AvgIpc) is 3.27. The van der Waals surface area contributed by atoms with E-state index in [0.29, 0.717) is 18.7 Å². The molecule has 1 aliphatic carbocycles. The summed E-state index contributed by atoms with van der Waals surface area (Å²) in [5, 5.41) is 6.69. The minimum absolute atomic E-state index is 0.0908. The topological polar surface area (TPSA) is 99.3 Å². The predicted molar refractivity (Wildman–Crippen MR) is 161 cm³/mol. The van der Waals surface area contributed by atoms with Crippen LogP contribution in [0.3, 0.4) is 0 Å². The molecule has 0 saturated heterocycles. The van der Waals surface area contributed by atoms with Gasteiger partial charge in [-0.1, -0.05) is 38.1 Å². The van der Waals surface area contributed by atoms with Crippen LogP contribution in [0.15, 0.2) is 66.1 Å². The van der Waals surface area contributed by atoms with E-state index in [0.717, 1.165) is 57.5 Å². The summed E-state index contributed by atoms with van der Waals surface area (Å²) in [6, 6.07) is 15.3. The number of hydrogen-bond donors (Lipinski definition) is 3. The van der Waals surface area contributed by atoms with Gasteiger partial charge >= 0.3 is 0 Å². The highest BCUT2D eigenvalue weighted by molar-refractivity contribution is 7.98. The van der Waals surface area contributed by atoms with E-state index in [1.807, 2.05) is 55.5 Å². The minimum atomic E-state index is -0.437. The molecule has 0 bridgehead atoms. The van der Waals surface area contributed by atoms with E-state index in [9.17, 15) is 9.59 Å². The van der Waals surface area contributed by atoms with Crippen molar-refractivity contribution in [3.05, 3.63) is 83.1 Å². The number of aromatic amines is 1. The molecule has 2 aromatic carbocycles. The maximum atomic E-state index is 13.8. The largest absolute Gasteiger partial charge is 0.497 e. The lowest BCUT2D eigenvalue weighted by atomic mass is 9.73. The molecule has 5 rings (SSSR count). The van der Waals surface area contributed by atoms with Crippen molar-refractivity contribution in [3.8, 4) is 5.75 Å². The number of aryl methyl sites for hydroxylation is 1. The van der Waals surface area contributed by atoms with Crippen LogP contribution >= 0.6 is 11.8 Å². The van der Waals surface area contributed by atoms with Gasteiger partial charge in [-0.25, -0.2) is 4.98 Å². The Morgan fingerprint density at radius 3 is 2.80 bits per heavy atom. The number of H-pyrrole nitrogens is 1. The summed E-state index contributed by atoms with van der Waals surface area (Å²) in [5.74, 6) is 2.30. The zero-order chi connectivity index (χ0) is 28.3. The van der Waals surface area contributed by atoms with Crippen molar-refractivity contribution in [2.24, 2.45) is 5.41 Å². The van der Waals surface area contributed by atoms with Crippen molar-refractivity contribution in [3.63, 3.8) is 0 Å². The van der Waals surface area contributed by atoms with Gasteiger partial charge in [0.05, 0.1) is 43.1 Å². The fourth-order valence-corrected chi connectivity index (χ4v) is 6.44. The molecule has 8 nitrogen and oxygen atoms in total. The van der Waals surface area contributed by atoms with Crippen LogP contribution in [0.5, 0.6) is 5.75 Å². The van der Waals surface area contributed by atoms with E-state index >= 15 is 0 Å². The Morgan fingerprint density at radius 2 is 2.02 bits per heavy atom. The van der Waals surface area contributed by atoms with Crippen molar-refractivity contribution in [2.75, 3.05) is 36.2 Å². The smallest absolute Gasteiger partial charge is 0.239 e. The average molecular weight is 560 g/mol. The molecule has 1 amide bonds. The van der Waals surface area contributed by atoms with E-state index in [4.69, 9.17) is 4.74 Å². The number of carbonyl (C=O) groups excluding carboxylic acids is 2. The quantitative estimate of drug-likeness (QED) is 0.302. The number of allylic oxidation sites excluding steroid dienone is 1. The zero-order valence-corrected chi connectivity index (χ0v) is 24.4. The summed E-state index contributed by atoms with van der Waals surface area (Å²) < 4.78 is 5.55. The highest BCUT2D eigenvalue weighted by Gasteiger charge is 2.42. The molecule has 1 atom stereocenters. The first-order valence-corrected chi connectivity index (χ1v) is 14.8. The first-order valence-electron chi connectivity index (χ1n) is 13.6. The number of imidazole rings is 1. The number of para-hydroxylation sites is 2. The molecular weight excluding hydrogens is 522 g/mol. The molecule has 3 aromatic rings. The van der Waals surface area contributed by atoms with Crippen molar-refractivity contribution in [1.29, 1.82) is 0 Å². The molecule has 9 heteroatoms. The molecular formula is C31H37N5O3S. The van der Waals surface area contributed by atoms with Crippen molar-refractivity contribution < 1.29 is 14.3 Å². The minimum Gasteiger partial charge on any atom is -0.497 e. The molecule has 1 aromatic heterocycles. The van der Waals surface area contributed by atoms with Gasteiger partial charge < -0.3 is 25.3 Å².